The van der Waals surface area contributed by atoms with Gasteiger partial charge >= 0.3 is 5.97 Å². The fourth-order valence-corrected chi connectivity index (χ4v) is 4.72. The van der Waals surface area contributed by atoms with E-state index >= 15 is 0 Å². The van der Waals surface area contributed by atoms with Crippen LogP contribution in [0.1, 0.15) is 45.7 Å². The number of pyridine rings is 1. The molecule has 0 bridgehead atoms. The Labute approximate surface area is 187 Å². The van der Waals surface area contributed by atoms with Crippen LogP contribution in [-0.2, 0) is 17.9 Å². The van der Waals surface area contributed by atoms with E-state index in [1.807, 2.05) is 29.1 Å². The van der Waals surface area contributed by atoms with E-state index in [1.165, 1.54) is 5.56 Å². The second-order valence-corrected chi connectivity index (χ2v) is 8.53. The van der Waals surface area contributed by atoms with Crippen molar-refractivity contribution in [3.8, 4) is 11.6 Å². The standard InChI is InChI=1S/C24H27N5O3/c1-15-9-28(10-17-11-29(14-26-17)18-6-7-25-23(8-18)31-3)12-22(27-15)19-4-5-20-21(16(19)2)13-32-24(20)30/h4-8,11,14-15,22,27H,9-10,12-13H2,1-3H3/t15-,22-/m0/s1. The maximum atomic E-state index is 11.9. The average Bonchev–Trinajstić information content (AvgIpc) is 3.41. The van der Waals surface area contributed by atoms with Gasteiger partial charge < -0.3 is 19.4 Å². The van der Waals surface area contributed by atoms with E-state index < -0.39 is 0 Å². The lowest BCUT2D eigenvalue weighted by atomic mass is 9.92. The number of carbonyl (C=O) groups excluding carboxylic acids is 1. The van der Waals surface area contributed by atoms with Crippen LogP contribution in [-0.4, -0.2) is 51.6 Å². The molecule has 8 heteroatoms. The summed E-state index contributed by atoms with van der Waals surface area (Å²) in [5.41, 5.74) is 6.07. The first-order valence-electron chi connectivity index (χ1n) is 10.8. The molecular formula is C24H27N5O3. The third-order valence-corrected chi connectivity index (χ3v) is 6.29. The highest BCUT2D eigenvalue weighted by molar-refractivity contribution is 5.94. The van der Waals surface area contributed by atoms with Crippen molar-refractivity contribution in [3.63, 3.8) is 0 Å². The largest absolute Gasteiger partial charge is 0.481 e. The van der Waals surface area contributed by atoms with Crippen LogP contribution in [0, 0.1) is 6.92 Å². The van der Waals surface area contributed by atoms with Crippen molar-refractivity contribution in [1.29, 1.82) is 0 Å². The Morgan fingerprint density at radius 2 is 2.12 bits per heavy atom. The number of fused-ring (bicyclic) bond motifs is 1. The zero-order valence-electron chi connectivity index (χ0n) is 18.5. The molecule has 0 spiro atoms. The number of benzene rings is 1. The molecule has 1 fully saturated rings. The predicted molar refractivity (Wildman–Crippen MR) is 119 cm³/mol. The second kappa shape index (κ2) is 8.37. The summed E-state index contributed by atoms with van der Waals surface area (Å²) in [4.78, 5) is 23.1. The van der Waals surface area contributed by atoms with Gasteiger partial charge in [-0.2, -0.15) is 0 Å². The van der Waals surface area contributed by atoms with Gasteiger partial charge in [-0.3, -0.25) is 4.90 Å². The maximum absolute atomic E-state index is 11.9. The van der Waals surface area contributed by atoms with E-state index in [1.54, 1.807) is 13.3 Å². The molecule has 1 saturated heterocycles. The third kappa shape index (κ3) is 3.87. The number of cyclic esters (lactones) is 1. The summed E-state index contributed by atoms with van der Waals surface area (Å²) in [6.45, 7) is 7.25. The number of hydrogen-bond donors (Lipinski definition) is 1. The van der Waals surface area contributed by atoms with E-state index in [0.717, 1.165) is 42.1 Å². The van der Waals surface area contributed by atoms with Crippen LogP contribution >= 0.6 is 0 Å². The Morgan fingerprint density at radius 3 is 2.97 bits per heavy atom. The van der Waals surface area contributed by atoms with Crippen molar-refractivity contribution in [2.75, 3.05) is 20.2 Å². The van der Waals surface area contributed by atoms with E-state index in [-0.39, 0.29) is 12.0 Å². The molecule has 5 rings (SSSR count). The molecule has 0 aliphatic carbocycles. The Bertz CT molecular complexity index is 1160. The summed E-state index contributed by atoms with van der Waals surface area (Å²) in [6.07, 6.45) is 5.61. The van der Waals surface area contributed by atoms with Crippen LogP contribution in [0.4, 0.5) is 0 Å². The average molecular weight is 434 g/mol. The number of aromatic nitrogens is 3. The molecule has 2 aliphatic rings. The van der Waals surface area contributed by atoms with Crippen molar-refractivity contribution in [2.24, 2.45) is 0 Å². The van der Waals surface area contributed by atoms with Crippen LogP contribution in [0.25, 0.3) is 5.69 Å². The topological polar surface area (TPSA) is 81.5 Å². The first kappa shape index (κ1) is 20.7. The van der Waals surface area contributed by atoms with Gasteiger partial charge in [0.15, 0.2) is 0 Å². The van der Waals surface area contributed by atoms with Crippen molar-refractivity contribution < 1.29 is 14.3 Å². The minimum Gasteiger partial charge on any atom is -0.481 e. The minimum atomic E-state index is -0.219. The lowest BCUT2D eigenvalue weighted by Crippen LogP contribution is -2.50. The quantitative estimate of drug-likeness (QED) is 0.620. The minimum absolute atomic E-state index is 0.186. The second-order valence-electron chi connectivity index (χ2n) is 8.53. The number of nitrogens with one attached hydrogen (secondary N) is 1. The number of nitrogens with zero attached hydrogens (tertiary/aromatic N) is 4. The number of piperazine rings is 1. The van der Waals surface area contributed by atoms with Crippen LogP contribution in [0.2, 0.25) is 0 Å². The predicted octanol–water partition coefficient (Wildman–Crippen LogP) is 2.79. The van der Waals surface area contributed by atoms with Crippen LogP contribution in [0.3, 0.4) is 0 Å². The Hall–Kier alpha value is -3.23. The molecule has 4 heterocycles. The van der Waals surface area contributed by atoms with E-state index in [9.17, 15) is 4.79 Å². The van der Waals surface area contributed by atoms with Gasteiger partial charge in [-0.25, -0.2) is 14.8 Å². The number of imidazole rings is 1. The van der Waals surface area contributed by atoms with Crippen LogP contribution < -0.4 is 10.1 Å². The SMILES string of the molecule is COc1cc(-n2cnc(CN3C[C@@H](c4ccc5c(c4C)COC5=O)N[C@@H](C)C3)c2)ccn1. The van der Waals surface area contributed by atoms with Crippen LogP contribution in [0.5, 0.6) is 5.88 Å². The zero-order chi connectivity index (χ0) is 22.2. The summed E-state index contributed by atoms with van der Waals surface area (Å²) in [5, 5.41) is 3.72. The van der Waals surface area contributed by atoms with E-state index in [0.29, 0.717) is 24.1 Å². The van der Waals surface area contributed by atoms with Gasteiger partial charge in [0.2, 0.25) is 5.88 Å². The molecule has 2 aromatic heterocycles. The summed E-state index contributed by atoms with van der Waals surface area (Å²) in [7, 11) is 1.61. The van der Waals surface area contributed by atoms with Gasteiger partial charge in [0.05, 0.1) is 30.4 Å². The molecule has 1 aromatic carbocycles. The molecule has 166 valence electrons. The number of hydrogen-bond acceptors (Lipinski definition) is 7. The zero-order valence-corrected chi connectivity index (χ0v) is 18.5. The summed E-state index contributed by atoms with van der Waals surface area (Å²) >= 11 is 0. The van der Waals surface area contributed by atoms with Crippen molar-refractivity contribution in [2.45, 2.75) is 39.1 Å². The normalized spacial score (nSPS) is 20.8. The highest BCUT2D eigenvalue weighted by atomic mass is 16.5. The summed E-state index contributed by atoms with van der Waals surface area (Å²) in [6, 6.07) is 8.32. The lowest BCUT2D eigenvalue weighted by molar-refractivity contribution is 0.0535. The fourth-order valence-electron chi connectivity index (χ4n) is 4.72. The summed E-state index contributed by atoms with van der Waals surface area (Å²) in [5.74, 6) is 0.358. The smallest absolute Gasteiger partial charge is 0.338 e. The van der Waals surface area contributed by atoms with E-state index in [4.69, 9.17) is 9.47 Å². The molecule has 8 nitrogen and oxygen atoms in total. The third-order valence-electron chi connectivity index (χ3n) is 6.29. The molecule has 32 heavy (non-hydrogen) atoms. The highest BCUT2D eigenvalue weighted by Crippen LogP contribution is 2.31. The molecule has 0 saturated carbocycles. The van der Waals surface area contributed by atoms with Gasteiger partial charge in [0.1, 0.15) is 6.61 Å². The molecule has 2 atom stereocenters. The maximum Gasteiger partial charge on any atom is 0.338 e. The molecule has 3 aromatic rings. The van der Waals surface area contributed by atoms with E-state index in [2.05, 4.69) is 46.3 Å². The molecular weight excluding hydrogens is 406 g/mol. The van der Waals surface area contributed by atoms with Gasteiger partial charge in [-0.1, -0.05) is 6.07 Å². The number of esters is 1. The molecule has 0 unspecified atom stereocenters. The van der Waals surface area contributed by atoms with Gasteiger partial charge in [-0.05, 0) is 37.1 Å². The molecule has 2 aliphatic heterocycles. The Kier molecular flexibility index (Phi) is 5.40. The van der Waals surface area contributed by atoms with Gasteiger partial charge in [0, 0.05) is 55.7 Å². The first-order chi connectivity index (χ1) is 15.5. The van der Waals surface area contributed by atoms with Crippen molar-refractivity contribution in [3.05, 3.63) is 70.9 Å². The Morgan fingerprint density at radius 1 is 1.25 bits per heavy atom. The van der Waals surface area contributed by atoms with Gasteiger partial charge in [0.25, 0.3) is 0 Å². The summed E-state index contributed by atoms with van der Waals surface area (Å²) < 4.78 is 12.4. The monoisotopic (exact) mass is 433 g/mol. The van der Waals surface area contributed by atoms with Crippen LogP contribution in [0.15, 0.2) is 43.0 Å². The van der Waals surface area contributed by atoms with Crippen molar-refractivity contribution >= 4 is 5.97 Å². The fraction of sp³-hybridized carbons (Fsp3) is 0.375. The molecule has 0 radical (unpaired) electrons. The highest BCUT2D eigenvalue weighted by Gasteiger charge is 2.30. The molecule has 0 amide bonds. The number of rotatable bonds is 5. The number of ether oxygens (including phenoxy) is 2. The Balaban J connectivity index is 1.33. The van der Waals surface area contributed by atoms with Crippen molar-refractivity contribution in [1.82, 2.24) is 24.8 Å². The molecule has 1 N–H and O–H groups in total. The first-order valence-corrected chi connectivity index (χ1v) is 10.8. The lowest BCUT2D eigenvalue weighted by Gasteiger charge is -2.38. The number of carbonyl (C=O) groups is 1. The van der Waals surface area contributed by atoms with Gasteiger partial charge in [-0.15, -0.1) is 0 Å². The number of methoxy groups -OCH3 is 1.